The molecule has 0 fully saturated rings. The Balaban J connectivity index is 2.20. The first kappa shape index (κ1) is 9.71. The summed E-state index contributed by atoms with van der Waals surface area (Å²) in [7, 11) is 0. The molecule has 16 heavy (non-hydrogen) atoms. The van der Waals surface area contributed by atoms with Crippen LogP contribution in [0.15, 0.2) is 42.5 Å². The van der Waals surface area contributed by atoms with Crippen LogP contribution in [0.1, 0.15) is 30.9 Å². The molecule has 3 rings (SSSR count). The number of hydrogen-bond donors (Lipinski definition) is 0. The lowest BCUT2D eigenvalue weighted by Crippen LogP contribution is -2.40. The third kappa shape index (κ3) is 1.24. The first-order chi connectivity index (χ1) is 7.79. The van der Waals surface area contributed by atoms with Crippen molar-refractivity contribution in [2.24, 2.45) is 0 Å². The number of allylic oxidation sites excluding steroid dienone is 2. The van der Waals surface area contributed by atoms with E-state index in [2.05, 4.69) is 61.2 Å². The highest BCUT2D eigenvalue weighted by Gasteiger charge is 2.31. The SMILES string of the molecule is CC1c2ccccc2C2=CC=CCN2C1C. The second-order valence-corrected chi connectivity index (χ2v) is 4.75. The smallest absolute Gasteiger partial charge is 0.0448 e. The van der Waals surface area contributed by atoms with Crippen molar-refractivity contribution in [1.82, 2.24) is 4.90 Å². The van der Waals surface area contributed by atoms with E-state index in [0.29, 0.717) is 12.0 Å². The van der Waals surface area contributed by atoms with Crippen molar-refractivity contribution in [3.05, 3.63) is 53.6 Å². The molecule has 1 heteroatoms. The van der Waals surface area contributed by atoms with Crippen molar-refractivity contribution >= 4 is 5.70 Å². The van der Waals surface area contributed by atoms with Crippen LogP contribution in [-0.2, 0) is 0 Å². The second kappa shape index (κ2) is 3.51. The van der Waals surface area contributed by atoms with Gasteiger partial charge in [0, 0.05) is 29.8 Å². The zero-order chi connectivity index (χ0) is 11.1. The van der Waals surface area contributed by atoms with Gasteiger partial charge in [0.2, 0.25) is 0 Å². The van der Waals surface area contributed by atoms with E-state index in [1.807, 2.05) is 0 Å². The van der Waals surface area contributed by atoms with Gasteiger partial charge in [-0.05, 0) is 18.6 Å². The van der Waals surface area contributed by atoms with E-state index in [4.69, 9.17) is 0 Å². The quantitative estimate of drug-likeness (QED) is 0.635. The molecule has 1 aromatic carbocycles. The third-order valence-electron chi connectivity index (χ3n) is 3.94. The van der Waals surface area contributed by atoms with Crippen LogP contribution in [0.5, 0.6) is 0 Å². The maximum atomic E-state index is 2.51. The Kier molecular flexibility index (Phi) is 2.13. The highest BCUT2D eigenvalue weighted by Crippen LogP contribution is 2.39. The van der Waals surface area contributed by atoms with Crippen LogP contribution in [-0.4, -0.2) is 17.5 Å². The number of fused-ring (bicyclic) bond motifs is 3. The molecule has 0 radical (unpaired) electrons. The van der Waals surface area contributed by atoms with Crippen molar-refractivity contribution in [2.45, 2.75) is 25.8 Å². The lowest BCUT2D eigenvalue weighted by atomic mass is 9.83. The number of benzene rings is 1. The van der Waals surface area contributed by atoms with Gasteiger partial charge in [0.05, 0.1) is 0 Å². The minimum Gasteiger partial charge on any atom is -0.364 e. The maximum Gasteiger partial charge on any atom is 0.0448 e. The summed E-state index contributed by atoms with van der Waals surface area (Å²) in [4.78, 5) is 2.51. The van der Waals surface area contributed by atoms with Crippen molar-refractivity contribution in [2.75, 3.05) is 6.54 Å². The first-order valence-corrected chi connectivity index (χ1v) is 6.02. The van der Waals surface area contributed by atoms with Crippen LogP contribution < -0.4 is 0 Å². The standard InChI is InChI=1S/C15H17N/c1-11-12(2)16-10-6-5-9-15(16)14-8-4-3-7-13(11)14/h3-9,11-12H,10H2,1-2H3. The molecule has 0 spiro atoms. The van der Waals surface area contributed by atoms with Crippen molar-refractivity contribution in [3.8, 4) is 0 Å². The fourth-order valence-corrected chi connectivity index (χ4v) is 2.81. The average Bonchev–Trinajstić information content (AvgIpc) is 2.36. The van der Waals surface area contributed by atoms with Crippen molar-refractivity contribution in [1.29, 1.82) is 0 Å². The Labute approximate surface area is 97.1 Å². The lowest BCUT2D eigenvalue weighted by molar-refractivity contribution is 0.289. The van der Waals surface area contributed by atoms with Gasteiger partial charge in [-0.15, -0.1) is 0 Å². The predicted molar refractivity (Wildman–Crippen MR) is 68.1 cm³/mol. The number of rotatable bonds is 0. The molecule has 2 atom stereocenters. The summed E-state index contributed by atoms with van der Waals surface area (Å²) in [6.45, 7) is 5.71. The molecule has 0 aromatic heterocycles. The van der Waals surface area contributed by atoms with Crippen molar-refractivity contribution < 1.29 is 0 Å². The summed E-state index contributed by atoms with van der Waals surface area (Å²) in [6.07, 6.45) is 6.65. The van der Waals surface area contributed by atoms with Crippen LogP contribution in [0.2, 0.25) is 0 Å². The van der Waals surface area contributed by atoms with Gasteiger partial charge in [0.15, 0.2) is 0 Å². The molecule has 0 saturated heterocycles. The van der Waals surface area contributed by atoms with Gasteiger partial charge in [-0.1, -0.05) is 43.3 Å². The molecule has 2 aliphatic rings. The Hall–Kier alpha value is -1.50. The largest absolute Gasteiger partial charge is 0.364 e. The third-order valence-corrected chi connectivity index (χ3v) is 3.94. The molecule has 0 aliphatic carbocycles. The van der Waals surface area contributed by atoms with E-state index in [0.717, 1.165) is 6.54 Å². The summed E-state index contributed by atoms with van der Waals surface area (Å²) < 4.78 is 0. The fraction of sp³-hybridized carbons (Fsp3) is 0.333. The summed E-state index contributed by atoms with van der Waals surface area (Å²) in [5, 5.41) is 0. The average molecular weight is 211 g/mol. The Morgan fingerprint density at radius 2 is 2.00 bits per heavy atom. The molecule has 2 heterocycles. The van der Waals surface area contributed by atoms with Crippen LogP contribution in [0.3, 0.4) is 0 Å². The Morgan fingerprint density at radius 1 is 1.19 bits per heavy atom. The summed E-state index contributed by atoms with van der Waals surface area (Å²) in [5.74, 6) is 0.611. The highest BCUT2D eigenvalue weighted by atomic mass is 15.2. The van der Waals surface area contributed by atoms with Gasteiger partial charge in [-0.3, -0.25) is 0 Å². The molecular formula is C15H17N. The highest BCUT2D eigenvalue weighted by molar-refractivity contribution is 5.72. The normalized spacial score (nSPS) is 27.1. The molecule has 0 bridgehead atoms. The van der Waals surface area contributed by atoms with E-state index in [9.17, 15) is 0 Å². The molecule has 0 saturated carbocycles. The van der Waals surface area contributed by atoms with Crippen LogP contribution >= 0.6 is 0 Å². The van der Waals surface area contributed by atoms with E-state index in [1.165, 1.54) is 16.8 Å². The number of hydrogen-bond acceptors (Lipinski definition) is 1. The fourth-order valence-electron chi connectivity index (χ4n) is 2.81. The van der Waals surface area contributed by atoms with Crippen molar-refractivity contribution in [3.63, 3.8) is 0 Å². The van der Waals surface area contributed by atoms with E-state index in [1.54, 1.807) is 0 Å². The molecule has 82 valence electrons. The van der Waals surface area contributed by atoms with E-state index in [-0.39, 0.29) is 0 Å². The molecule has 1 nitrogen and oxygen atoms in total. The van der Waals surface area contributed by atoms with Gasteiger partial charge in [-0.25, -0.2) is 0 Å². The molecule has 0 amide bonds. The number of nitrogens with zero attached hydrogens (tertiary/aromatic N) is 1. The van der Waals surface area contributed by atoms with Gasteiger partial charge < -0.3 is 4.90 Å². The van der Waals surface area contributed by atoms with Gasteiger partial charge in [0.25, 0.3) is 0 Å². The second-order valence-electron chi connectivity index (χ2n) is 4.75. The molecule has 2 unspecified atom stereocenters. The van der Waals surface area contributed by atoms with Crippen LogP contribution in [0.4, 0.5) is 0 Å². The minimum atomic E-state index is 0.589. The monoisotopic (exact) mass is 211 g/mol. The summed E-state index contributed by atoms with van der Waals surface area (Å²) in [6, 6.07) is 9.39. The molecule has 1 aromatic rings. The zero-order valence-corrected chi connectivity index (χ0v) is 9.85. The Morgan fingerprint density at radius 3 is 2.88 bits per heavy atom. The molecular weight excluding hydrogens is 194 g/mol. The maximum absolute atomic E-state index is 2.51. The summed E-state index contributed by atoms with van der Waals surface area (Å²) in [5.41, 5.74) is 4.30. The van der Waals surface area contributed by atoms with Crippen LogP contribution in [0, 0.1) is 0 Å². The first-order valence-electron chi connectivity index (χ1n) is 6.02. The topological polar surface area (TPSA) is 3.24 Å². The minimum absolute atomic E-state index is 0.589. The van der Waals surface area contributed by atoms with Gasteiger partial charge in [-0.2, -0.15) is 0 Å². The van der Waals surface area contributed by atoms with Gasteiger partial charge in [0.1, 0.15) is 0 Å². The van der Waals surface area contributed by atoms with E-state index >= 15 is 0 Å². The molecule has 2 aliphatic heterocycles. The van der Waals surface area contributed by atoms with Gasteiger partial charge >= 0.3 is 0 Å². The molecule has 0 N–H and O–H groups in total. The van der Waals surface area contributed by atoms with Crippen LogP contribution in [0.25, 0.3) is 5.70 Å². The summed E-state index contributed by atoms with van der Waals surface area (Å²) >= 11 is 0. The lowest BCUT2D eigenvalue weighted by Gasteiger charge is -2.43. The van der Waals surface area contributed by atoms with E-state index < -0.39 is 0 Å². The zero-order valence-electron chi connectivity index (χ0n) is 9.85. The predicted octanol–water partition coefficient (Wildman–Crippen LogP) is 3.40. The Bertz CT molecular complexity index is 470.